The van der Waals surface area contributed by atoms with Crippen LogP contribution >= 0.6 is 0 Å². The maximum atomic E-state index is 12.4. The third-order valence-corrected chi connectivity index (χ3v) is 4.15. The Bertz CT molecular complexity index is 931. The van der Waals surface area contributed by atoms with Crippen LogP contribution in [-0.4, -0.2) is 49.0 Å². The maximum absolute atomic E-state index is 12.4. The van der Waals surface area contributed by atoms with Gasteiger partial charge in [0.25, 0.3) is 11.8 Å². The molecule has 0 aromatic heterocycles. The first-order valence-corrected chi connectivity index (χ1v) is 9.44. The van der Waals surface area contributed by atoms with Crippen molar-refractivity contribution in [3.63, 3.8) is 0 Å². The van der Waals surface area contributed by atoms with Crippen molar-refractivity contribution in [2.45, 2.75) is 13.8 Å². The van der Waals surface area contributed by atoms with Crippen LogP contribution in [-0.2, 0) is 14.3 Å². The van der Waals surface area contributed by atoms with Gasteiger partial charge in [0.1, 0.15) is 5.75 Å². The van der Waals surface area contributed by atoms with E-state index in [4.69, 9.17) is 14.7 Å². The normalized spacial score (nSPS) is 9.90. The van der Waals surface area contributed by atoms with E-state index in [1.807, 2.05) is 19.9 Å². The molecule has 0 saturated carbocycles. The van der Waals surface area contributed by atoms with E-state index in [9.17, 15) is 14.4 Å². The zero-order chi connectivity index (χ0) is 21.9. The molecule has 0 aliphatic rings. The van der Waals surface area contributed by atoms with E-state index >= 15 is 0 Å². The summed E-state index contributed by atoms with van der Waals surface area (Å²) in [4.78, 5) is 37.9. The Balaban J connectivity index is 1.81. The molecule has 2 aromatic carbocycles. The molecule has 8 nitrogen and oxygen atoms in total. The quantitative estimate of drug-likeness (QED) is 0.638. The Hall–Kier alpha value is -3.86. The lowest BCUT2D eigenvalue weighted by Gasteiger charge is -2.19. The van der Waals surface area contributed by atoms with Gasteiger partial charge in [0, 0.05) is 24.3 Å². The Labute approximate surface area is 175 Å². The number of ether oxygens (including phenoxy) is 2. The van der Waals surface area contributed by atoms with Crippen molar-refractivity contribution in [2.24, 2.45) is 0 Å². The molecule has 0 spiro atoms. The van der Waals surface area contributed by atoms with Gasteiger partial charge in [0.05, 0.1) is 11.6 Å². The molecule has 2 aromatic rings. The Kier molecular flexibility index (Phi) is 8.39. The Morgan fingerprint density at radius 3 is 2.37 bits per heavy atom. The minimum Gasteiger partial charge on any atom is -0.482 e. The van der Waals surface area contributed by atoms with Gasteiger partial charge in [-0.2, -0.15) is 5.26 Å². The lowest BCUT2D eigenvalue weighted by atomic mass is 10.1. The number of esters is 1. The van der Waals surface area contributed by atoms with Gasteiger partial charge in [-0.25, -0.2) is 4.79 Å². The monoisotopic (exact) mass is 409 g/mol. The predicted molar refractivity (Wildman–Crippen MR) is 110 cm³/mol. The van der Waals surface area contributed by atoms with Crippen molar-refractivity contribution in [3.8, 4) is 11.8 Å². The summed E-state index contributed by atoms with van der Waals surface area (Å²) in [6.07, 6.45) is 0. The summed E-state index contributed by atoms with van der Waals surface area (Å²) in [5.41, 5.74) is 1.37. The zero-order valence-electron chi connectivity index (χ0n) is 16.9. The van der Waals surface area contributed by atoms with Gasteiger partial charge in [-0.3, -0.25) is 9.59 Å². The van der Waals surface area contributed by atoms with Gasteiger partial charge in [0.2, 0.25) is 0 Å². The molecule has 2 rings (SSSR count). The van der Waals surface area contributed by atoms with E-state index in [1.165, 1.54) is 0 Å². The number of nitriles is 1. The van der Waals surface area contributed by atoms with Crippen molar-refractivity contribution in [2.75, 3.05) is 31.6 Å². The lowest BCUT2D eigenvalue weighted by Crippen LogP contribution is -2.30. The topological polar surface area (TPSA) is 109 Å². The van der Waals surface area contributed by atoms with Crippen LogP contribution in [0.15, 0.2) is 48.5 Å². The summed E-state index contributed by atoms with van der Waals surface area (Å²) in [6.45, 7) is 4.12. The average Bonchev–Trinajstić information content (AvgIpc) is 2.77. The van der Waals surface area contributed by atoms with E-state index in [0.29, 0.717) is 35.7 Å². The number of nitrogens with one attached hydrogen (secondary N) is 1. The van der Waals surface area contributed by atoms with Crippen LogP contribution < -0.4 is 10.1 Å². The van der Waals surface area contributed by atoms with Crippen LogP contribution in [0.2, 0.25) is 0 Å². The Morgan fingerprint density at radius 2 is 1.73 bits per heavy atom. The first-order chi connectivity index (χ1) is 14.5. The maximum Gasteiger partial charge on any atom is 0.344 e. The highest BCUT2D eigenvalue weighted by Crippen LogP contribution is 2.13. The molecule has 0 heterocycles. The molecule has 156 valence electrons. The van der Waals surface area contributed by atoms with Crippen molar-refractivity contribution >= 4 is 23.5 Å². The molecule has 30 heavy (non-hydrogen) atoms. The molecule has 0 aliphatic heterocycles. The molecule has 0 radical (unpaired) electrons. The van der Waals surface area contributed by atoms with Crippen molar-refractivity contribution < 1.29 is 23.9 Å². The fraction of sp³-hybridized carbons (Fsp3) is 0.273. The molecule has 1 N–H and O–H groups in total. The molecular formula is C22H23N3O5. The summed E-state index contributed by atoms with van der Waals surface area (Å²) in [7, 11) is 0. The number of hydrogen-bond donors (Lipinski definition) is 1. The van der Waals surface area contributed by atoms with Crippen molar-refractivity contribution in [1.82, 2.24) is 4.90 Å². The van der Waals surface area contributed by atoms with Crippen molar-refractivity contribution in [3.05, 3.63) is 59.7 Å². The number of benzene rings is 2. The van der Waals surface area contributed by atoms with E-state index in [-0.39, 0.29) is 12.5 Å². The molecule has 0 bridgehead atoms. The van der Waals surface area contributed by atoms with Crippen LogP contribution in [0.3, 0.4) is 0 Å². The second kappa shape index (κ2) is 11.2. The Morgan fingerprint density at radius 1 is 1.03 bits per heavy atom. The number of hydrogen-bond acceptors (Lipinski definition) is 6. The third-order valence-electron chi connectivity index (χ3n) is 4.15. The summed E-state index contributed by atoms with van der Waals surface area (Å²) in [5.74, 6) is -0.957. The molecular weight excluding hydrogens is 386 g/mol. The summed E-state index contributed by atoms with van der Waals surface area (Å²) < 4.78 is 10.1. The average molecular weight is 409 g/mol. The molecule has 0 atom stereocenters. The smallest absolute Gasteiger partial charge is 0.344 e. The number of anilines is 1. The standard InChI is InChI=1S/C22H23N3O5/c1-3-25(4-2)22(28)17-6-5-7-18(12-17)24-20(26)14-30-21(27)15-29-19-10-8-16(13-23)9-11-19/h5-12H,3-4,14-15H2,1-2H3,(H,24,26). The van der Waals surface area contributed by atoms with Gasteiger partial charge in [-0.05, 0) is 56.3 Å². The summed E-state index contributed by atoms with van der Waals surface area (Å²) in [6, 6.07) is 14.8. The first kappa shape index (κ1) is 22.4. The first-order valence-electron chi connectivity index (χ1n) is 9.44. The van der Waals surface area contributed by atoms with Crippen LogP contribution in [0.1, 0.15) is 29.8 Å². The minimum absolute atomic E-state index is 0.123. The van der Waals surface area contributed by atoms with E-state index in [2.05, 4.69) is 5.32 Å². The predicted octanol–water partition coefficient (Wildman–Crippen LogP) is 2.60. The highest BCUT2D eigenvalue weighted by molar-refractivity contribution is 5.97. The number of carbonyl (C=O) groups excluding carboxylic acids is 3. The molecule has 0 unspecified atom stereocenters. The van der Waals surface area contributed by atoms with Gasteiger partial charge in [0.15, 0.2) is 13.2 Å². The van der Waals surface area contributed by atoms with Crippen LogP contribution in [0.4, 0.5) is 5.69 Å². The highest BCUT2D eigenvalue weighted by Gasteiger charge is 2.14. The zero-order valence-corrected chi connectivity index (χ0v) is 16.9. The summed E-state index contributed by atoms with van der Waals surface area (Å²) in [5, 5.41) is 11.3. The van der Waals surface area contributed by atoms with Gasteiger partial charge in [-0.15, -0.1) is 0 Å². The largest absolute Gasteiger partial charge is 0.482 e. The van der Waals surface area contributed by atoms with Gasteiger partial charge >= 0.3 is 5.97 Å². The van der Waals surface area contributed by atoms with Crippen molar-refractivity contribution in [1.29, 1.82) is 5.26 Å². The van der Waals surface area contributed by atoms with Crippen LogP contribution in [0.25, 0.3) is 0 Å². The van der Waals surface area contributed by atoms with Gasteiger partial charge in [-0.1, -0.05) is 6.07 Å². The number of nitrogens with zero attached hydrogens (tertiary/aromatic N) is 2. The molecule has 0 fully saturated rings. The van der Waals surface area contributed by atoms with Crippen LogP contribution in [0.5, 0.6) is 5.75 Å². The molecule has 0 aliphatic carbocycles. The SMILES string of the molecule is CCN(CC)C(=O)c1cccc(NC(=O)COC(=O)COc2ccc(C#N)cc2)c1. The van der Waals surface area contributed by atoms with E-state index < -0.39 is 18.5 Å². The summed E-state index contributed by atoms with van der Waals surface area (Å²) >= 11 is 0. The minimum atomic E-state index is -0.708. The van der Waals surface area contributed by atoms with Gasteiger partial charge < -0.3 is 19.7 Å². The highest BCUT2D eigenvalue weighted by atomic mass is 16.6. The molecule has 0 saturated heterocycles. The van der Waals surface area contributed by atoms with E-state index in [0.717, 1.165) is 0 Å². The van der Waals surface area contributed by atoms with Crippen LogP contribution in [0, 0.1) is 11.3 Å². The third kappa shape index (κ3) is 6.63. The fourth-order valence-corrected chi connectivity index (χ4v) is 2.58. The second-order valence-corrected chi connectivity index (χ2v) is 6.19. The number of amides is 2. The number of carbonyl (C=O) groups is 3. The van der Waals surface area contributed by atoms with E-state index in [1.54, 1.807) is 53.4 Å². The molecule has 8 heteroatoms. The lowest BCUT2D eigenvalue weighted by molar-refractivity contribution is -0.149. The number of rotatable bonds is 9. The second-order valence-electron chi connectivity index (χ2n) is 6.19. The molecule has 2 amide bonds. The fourth-order valence-electron chi connectivity index (χ4n) is 2.58.